The van der Waals surface area contributed by atoms with Gasteiger partial charge in [-0.15, -0.1) is 0 Å². The zero-order valence-corrected chi connectivity index (χ0v) is 12.5. The molecule has 2 fully saturated rings. The van der Waals surface area contributed by atoms with Gasteiger partial charge in [0.25, 0.3) is 0 Å². The number of benzene rings is 1. The molecular formula is C16H22F2N2O. The average Bonchev–Trinajstić information content (AvgIpc) is 2.95. The summed E-state index contributed by atoms with van der Waals surface area (Å²) in [5.74, 6) is 1.64. The minimum atomic E-state index is -2.76. The van der Waals surface area contributed by atoms with Crippen LogP contribution in [-0.4, -0.2) is 36.7 Å². The standard InChI is InChI=1S/C16H22F2N2O/c1-16(2)14-8-19-7-12(14)10-20(16)9-11-3-5-13(6-4-11)21-15(17)18/h3-6,12,14-15,19H,7-10H2,1-2H3. The highest BCUT2D eigenvalue weighted by molar-refractivity contribution is 5.27. The first-order valence-corrected chi connectivity index (χ1v) is 7.46. The molecule has 2 unspecified atom stereocenters. The Labute approximate surface area is 124 Å². The Morgan fingerprint density at radius 2 is 2.00 bits per heavy atom. The van der Waals surface area contributed by atoms with E-state index in [1.165, 1.54) is 0 Å². The minimum absolute atomic E-state index is 0.173. The fourth-order valence-corrected chi connectivity index (χ4v) is 3.77. The van der Waals surface area contributed by atoms with Crippen LogP contribution in [0.3, 0.4) is 0 Å². The van der Waals surface area contributed by atoms with Gasteiger partial charge < -0.3 is 10.1 Å². The smallest absolute Gasteiger partial charge is 0.387 e. The van der Waals surface area contributed by atoms with Crippen molar-refractivity contribution < 1.29 is 13.5 Å². The molecule has 2 saturated heterocycles. The Morgan fingerprint density at radius 1 is 1.29 bits per heavy atom. The number of ether oxygens (including phenoxy) is 1. The number of hydrogen-bond acceptors (Lipinski definition) is 3. The van der Waals surface area contributed by atoms with Gasteiger partial charge in [-0.1, -0.05) is 12.1 Å². The van der Waals surface area contributed by atoms with E-state index in [4.69, 9.17) is 0 Å². The highest BCUT2D eigenvalue weighted by atomic mass is 19.3. The summed E-state index contributed by atoms with van der Waals surface area (Å²) >= 11 is 0. The lowest BCUT2D eigenvalue weighted by atomic mass is 9.85. The van der Waals surface area contributed by atoms with Crippen molar-refractivity contribution in [3.8, 4) is 5.75 Å². The first-order valence-electron chi connectivity index (χ1n) is 7.46. The van der Waals surface area contributed by atoms with Crippen LogP contribution in [-0.2, 0) is 6.54 Å². The number of hydrogen-bond donors (Lipinski definition) is 1. The van der Waals surface area contributed by atoms with Gasteiger partial charge in [-0.3, -0.25) is 4.90 Å². The average molecular weight is 296 g/mol. The summed E-state index contributed by atoms with van der Waals surface area (Å²) in [5, 5.41) is 3.48. The third-order valence-corrected chi connectivity index (χ3v) is 5.04. The Hall–Kier alpha value is -1.20. The Morgan fingerprint density at radius 3 is 2.62 bits per heavy atom. The molecule has 0 aromatic heterocycles. The second kappa shape index (κ2) is 5.54. The van der Waals surface area contributed by atoms with E-state index in [2.05, 4.69) is 28.8 Å². The van der Waals surface area contributed by atoms with Crippen molar-refractivity contribution in [3.63, 3.8) is 0 Å². The number of nitrogens with one attached hydrogen (secondary N) is 1. The molecule has 3 nitrogen and oxygen atoms in total. The maximum atomic E-state index is 12.1. The van der Waals surface area contributed by atoms with E-state index in [0.29, 0.717) is 5.92 Å². The van der Waals surface area contributed by atoms with Gasteiger partial charge in [0.1, 0.15) is 5.75 Å². The molecule has 0 radical (unpaired) electrons. The molecular weight excluding hydrogens is 274 g/mol. The molecule has 0 saturated carbocycles. The molecule has 1 aromatic rings. The summed E-state index contributed by atoms with van der Waals surface area (Å²) in [7, 11) is 0. The van der Waals surface area contributed by atoms with Gasteiger partial charge in [-0.25, -0.2) is 0 Å². The number of nitrogens with zero attached hydrogens (tertiary/aromatic N) is 1. The van der Waals surface area contributed by atoms with E-state index in [0.717, 1.165) is 37.7 Å². The second-order valence-corrected chi connectivity index (χ2v) is 6.58. The Kier molecular flexibility index (Phi) is 3.88. The van der Waals surface area contributed by atoms with Gasteiger partial charge in [-0.05, 0) is 49.9 Å². The lowest BCUT2D eigenvalue weighted by Crippen LogP contribution is -2.43. The normalized spacial score (nSPS) is 28.0. The lowest BCUT2D eigenvalue weighted by Gasteiger charge is -2.35. The molecule has 3 rings (SSSR count). The van der Waals surface area contributed by atoms with Gasteiger partial charge >= 0.3 is 6.61 Å². The maximum Gasteiger partial charge on any atom is 0.387 e. The van der Waals surface area contributed by atoms with Crippen molar-refractivity contribution in [2.24, 2.45) is 11.8 Å². The highest BCUT2D eigenvalue weighted by Gasteiger charge is 2.49. The van der Waals surface area contributed by atoms with E-state index in [1.807, 2.05) is 12.1 Å². The molecule has 21 heavy (non-hydrogen) atoms. The van der Waals surface area contributed by atoms with E-state index in [9.17, 15) is 8.78 Å². The molecule has 0 bridgehead atoms. The van der Waals surface area contributed by atoms with Crippen LogP contribution in [0.2, 0.25) is 0 Å². The van der Waals surface area contributed by atoms with Crippen molar-refractivity contribution in [3.05, 3.63) is 29.8 Å². The summed E-state index contributed by atoms with van der Waals surface area (Å²) in [6.45, 7) is 5.99. The van der Waals surface area contributed by atoms with Gasteiger partial charge in [-0.2, -0.15) is 8.78 Å². The van der Waals surface area contributed by atoms with E-state index in [1.54, 1.807) is 12.1 Å². The third-order valence-electron chi connectivity index (χ3n) is 5.04. The zero-order valence-electron chi connectivity index (χ0n) is 12.5. The molecule has 0 amide bonds. The Bertz CT molecular complexity index is 490. The third kappa shape index (κ3) is 2.90. The molecule has 2 aliphatic rings. The van der Waals surface area contributed by atoms with Crippen molar-refractivity contribution in [1.29, 1.82) is 0 Å². The zero-order chi connectivity index (χ0) is 15.0. The van der Waals surface area contributed by atoms with E-state index in [-0.39, 0.29) is 11.3 Å². The number of likely N-dealkylation sites (tertiary alicyclic amines) is 1. The summed E-state index contributed by atoms with van der Waals surface area (Å²) in [4.78, 5) is 2.51. The molecule has 1 N–H and O–H groups in total. The van der Waals surface area contributed by atoms with E-state index >= 15 is 0 Å². The minimum Gasteiger partial charge on any atom is -0.435 e. The first-order chi connectivity index (χ1) is 9.96. The highest BCUT2D eigenvalue weighted by Crippen LogP contribution is 2.41. The van der Waals surface area contributed by atoms with Crippen molar-refractivity contribution >= 4 is 0 Å². The van der Waals surface area contributed by atoms with Gasteiger partial charge in [0.15, 0.2) is 0 Å². The first kappa shape index (κ1) is 14.7. The summed E-state index contributed by atoms with van der Waals surface area (Å²) in [5.41, 5.74) is 1.31. The SMILES string of the molecule is CC1(C)C2CNCC2CN1Cc1ccc(OC(F)F)cc1. The van der Waals surface area contributed by atoms with Crippen LogP contribution in [0.25, 0.3) is 0 Å². The van der Waals surface area contributed by atoms with Crippen LogP contribution in [0, 0.1) is 11.8 Å². The number of fused-ring (bicyclic) bond motifs is 1. The molecule has 0 aliphatic carbocycles. The number of halogens is 2. The Balaban J connectivity index is 1.66. The molecule has 5 heteroatoms. The maximum absolute atomic E-state index is 12.1. The van der Waals surface area contributed by atoms with Crippen molar-refractivity contribution in [1.82, 2.24) is 10.2 Å². The van der Waals surface area contributed by atoms with E-state index < -0.39 is 6.61 Å². The molecule has 2 aliphatic heterocycles. The fourth-order valence-electron chi connectivity index (χ4n) is 3.77. The summed E-state index contributed by atoms with van der Waals surface area (Å²) < 4.78 is 28.7. The predicted molar refractivity (Wildman–Crippen MR) is 77.4 cm³/mol. The number of rotatable bonds is 4. The van der Waals surface area contributed by atoms with Crippen LogP contribution >= 0.6 is 0 Å². The second-order valence-electron chi connectivity index (χ2n) is 6.58. The molecule has 1 aromatic carbocycles. The fraction of sp³-hybridized carbons (Fsp3) is 0.625. The van der Waals surface area contributed by atoms with Crippen LogP contribution in [0.5, 0.6) is 5.75 Å². The van der Waals surface area contributed by atoms with Gasteiger partial charge in [0, 0.05) is 25.2 Å². The monoisotopic (exact) mass is 296 g/mol. The molecule has 116 valence electrons. The lowest BCUT2D eigenvalue weighted by molar-refractivity contribution is -0.0498. The number of alkyl halides is 2. The van der Waals surface area contributed by atoms with Crippen LogP contribution in [0.15, 0.2) is 24.3 Å². The topological polar surface area (TPSA) is 24.5 Å². The van der Waals surface area contributed by atoms with Crippen LogP contribution < -0.4 is 10.1 Å². The van der Waals surface area contributed by atoms with Crippen LogP contribution in [0.1, 0.15) is 19.4 Å². The summed E-state index contributed by atoms with van der Waals surface area (Å²) in [6.07, 6.45) is 0. The molecule has 0 spiro atoms. The van der Waals surface area contributed by atoms with Gasteiger partial charge in [0.05, 0.1) is 0 Å². The van der Waals surface area contributed by atoms with Crippen LogP contribution in [0.4, 0.5) is 8.78 Å². The molecule has 2 atom stereocenters. The van der Waals surface area contributed by atoms with Gasteiger partial charge in [0.2, 0.25) is 0 Å². The van der Waals surface area contributed by atoms with Crippen molar-refractivity contribution in [2.75, 3.05) is 19.6 Å². The summed E-state index contributed by atoms with van der Waals surface area (Å²) in [6, 6.07) is 6.99. The largest absolute Gasteiger partial charge is 0.435 e. The van der Waals surface area contributed by atoms with Crippen molar-refractivity contribution in [2.45, 2.75) is 32.5 Å². The quantitative estimate of drug-likeness (QED) is 0.924. The molecule has 2 heterocycles. The predicted octanol–water partition coefficient (Wildman–Crippen LogP) is 2.72.